The van der Waals surface area contributed by atoms with E-state index in [9.17, 15) is 13.6 Å². The zero-order chi connectivity index (χ0) is 27.0. The molecule has 1 amide bonds. The Morgan fingerprint density at radius 3 is 2.32 bits per heavy atom. The van der Waals surface area contributed by atoms with Crippen molar-refractivity contribution in [2.75, 3.05) is 5.32 Å². The van der Waals surface area contributed by atoms with Crippen LogP contribution in [0.5, 0.6) is 0 Å². The first-order valence-electron chi connectivity index (χ1n) is 12.1. The molecule has 2 unspecified atom stereocenters. The number of aromatic nitrogens is 2. The molecule has 196 valence electrons. The molecule has 2 atom stereocenters. The van der Waals surface area contributed by atoms with Crippen LogP contribution in [-0.2, 0) is 27.7 Å². The van der Waals surface area contributed by atoms with Crippen molar-refractivity contribution in [3.05, 3.63) is 98.9 Å². The Morgan fingerprint density at radius 2 is 1.74 bits per heavy atom. The summed E-state index contributed by atoms with van der Waals surface area (Å²) in [5.74, 6) is 0.739. The maximum Gasteiger partial charge on any atom is 0.237 e. The van der Waals surface area contributed by atoms with Gasteiger partial charge in [-0.1, -0.05) is 82.5 Å². The summed E-state index contributed by atoms with van der Waals surface area (Å²) in [5.41, 5.74) is 4.15. The summed E-state index contributed by atoms with van der Waals surface area (Å²) in [6, 6.07) is 18.3. The number of hydrogen-bond acceptors (Lipinski definition) is 5. The molecule has 0 spiro atoms. The topological polar surface area (TPSA) is 105 Å². The fourth-order valence-corrected chi connectivity index (χ4v) is 5.69. The third kappa shape index (κ3) is 5.40. The van der Waals surface area contributed by atoms with E-state index in [0.717, 1.165) is 35.1 Å². The summed E-state index contributed by atoms with van der Waals surface area (Å²) >= 11 is 11.4. The predicted molar refractivity (Wildman–Crippen MR) is 149 cm³/mol. The molecular formula is C28H25Cl2N3O4S. The van der Waals surface area contributed by atoms with Gasteiger partial charge < -0.3 is 14.4 Å². The van der Waals surface area contributed by atoms with E-state index >= 15 is 0 Å². The fourth-order valence-electron chi connectivity index (χ4n) is 4.45. The van der Waals surface area contributed by atoms with Gasteiger partial charge in [0.1, 0.15) is 0 Å². The van der Waals surface area contributed by atoms with Gasteiger partial charge >= 0.3 is 0 Å². The van der Waals surface area contributed by atoms with Crippen LogP contribution in [0.1, 0.15) is 53.2 Å². The summed E-state index contributed by atoms with van der Waals surface area (Å²) < 4.78 is 26.2. The quantitative estimate of drug-likeness (QED) is 0.224. The van der Waals surface area contributed by atoms with E-state index in [1.165, 1.54) is 0 Å². The van der Waals surface area contributed by atoms with E-state index in [2.05, 4.69) is 15.5 Å². The molecule has 5 rings (SSSR count). The molecule has 3 aromatic carbocycles. The van der Waals surface area contributed by atoms with Crippen LogP contribution in [0.3, 0.4) is 0 Å². The van der Waals surface area contributed by atoms with Gasteiger partial charge in [0.25, 0.3) is 0 Å². The van der Waals surface area contributed by atoms with Gasteiger partial charge in [0, 0.05) is 26.9 Å². The first-order valence-corrected chi connectivity index (χ1v) is 14.0. The molecule has 0 saturated heterocycles. The Kier molecular flexibility index (Phi) is 7.42. The number of nitrogens with one attached hydrogen (secondary N) is 1. The molecule has 0 radical (unpaired) electrons. The van der Waals surface area contributed by atoms with Gasteiger partial charge in [-0.2, -0.15) is 4.98 Å². The number of benzene rings is 3. The van der Waals surface area contributed by atoms with E-state index in [1.54, 1.807) is 43.3 Å². The number of nitrogens with zero attached hydrogens (tertiary/aromatic N) is 2. The number of anilines is 1. The molecule has 1 aromatic heterocycles. The van der Waals surface area contributed by atoms with E-state index in [1.807, 2.05) is 31.2 Å². The second kappa shape index (κ2) is 10.6. The van der Waals surface area contributed by atoms with Crippen molar-refractivity contribution in [1.29, 1.82) is 0 Å². The van der Waals surface area contributed by atoms with Gasteiger partial charge in [-0.15, -0.1) is 0 Å². The highest BCUT2D eigenvalue weighted by molar-refractivity contribution is 7.79. The lowest BCUT2D eigenvalue weighted by atomic mass is 9.95. The van der Waals surface area contributed by atoms with Crippen molar-refractivity contribution >= 4 is 45.9 Å². The van der Waals surface area contributed by atoms with Crippen molar-refractivity contribution in [3.8, 4) is 11.4 Å². The molecular weight excluding hydrogens is 545 g/mol. The number of carbonyl (C=O) groups excluding carboxylic acids is 1. The molecule has 0 aliphatic heterocycles. The average molecular weight is 570 g/mol. The number of carbonyl (C=O) groups is 1. The molecule has 1 aliphatic rings. The van der Waals surface area contributed by atoms with Gasteiger partial charge in [0.2, 0.25) is 17.6 Å². The Bertz CT molecular complexity index is 1490. The number of amides is 1. The molecule has 0 bridgehead atoms. The lowest BCUT2D eigenvalue weighted by molar-refractivity contribution is -0.115. The van der Waals surface area contributed by atoms with Crippen LogP contribution < -0.4 is 5.32 Å². The van der Waals surface area contributed by atoms with Crippen LogP contribution in [-0.4, -0.2) is 24.8 Å². The molecule has 2 N–H and O–H groups in total. The maximum atomic E-state index is 12.7. The second-order valence-electron chi connectivity index (χ2n) is 9.57. The lowest BCUT2D eigenvalue weighted by Crippen LogP contribution is -2.16. The fraction of sp³-hybridized carbons (Fsp3) is 0.250. The molecule has 1 fully saturated rings. The number of aryl methyl sites for hydroxylation is 1. The lowest BCUT2D eigenvalue weighted by Gasteiger charge is -2.17. The van der Waals surface area contributed by atoms with Gasteiger partial charge in [0.05, 0.1) is 17.1 Å². The van der Waals surface area contributed by atoms with Crippen LogP contribution in [0.15, 0.2) is 65.2 Å². The molecule has 1 heterocycles. The van der Waals surface area contributed by atoms with Crippen LogP contribution in [0, 0.1) is 6.92 Å². The highest BCUT2D eigenvalue weighted by Crippen LogP contribution is 2.57. The van der Waals surface area contributed by atoms with Gasteiger partial charge in [-0.25, -0.2) is 4.21 Å². The Balaban J connectivity index is 1.31. The van der Waals surface area contributed by atoms with Gasteiger partial charge in [-0.05, 0) is 49.9 Å². The van der Waals surface area contributed by atoms with E-state index in [-0.39, 0.29) is 12.3 Å². The summed E-state index contributed by atoms with van der Waals surface area (Å²) in [6.07, 6.45) is 1.67. The smallest absolute Gasteiger partial charge is 0.237 e. The monoisotopic (exact) mass is 569 g/mol. The SMILES string of the molecule is Cc1ccc(-c2noc(C3(c4c(Cl)cc(NC(=O)Cc5ccc(C(C)S(=O)O)cc5)cc4Cl)CC3)n2)cc1. The minimum atomic E-state index is -1.95. The van der Waals surface area contributed by atoms with Crippen LogP contribution in [0.25, 0.3) is 11.4 Å². The van der Waals surface area contributed by atoms with E-state index in [0.29, 0.717) is 33.0 Å². The van der Waals surface area contributed by atoms with Crippen LogP contribution in [0.2, 0.25) is 10.0 Å². The highest BCUT2D eigenvalue weighted by atomic mass is 35.5. The van der Waals surface area contributed by atoms with Crippen molar-refractivity contribution in [2.45, 2.75) is 43.8 Å². The first-order chi connectivity index (χ1) is 18.2. The van der Waals surface area contributed by atoms with E-state index < -0.39 is 21.7 Å². The van der Waals surface area contributed by atoms with Crippen molar-refractivity contribution in [2.24, 2.45) is 0 Å². The average Bonchev–Trinajstić information content (AvgIpc) is 3.50. The number of hydrogen-bond donors (Lipinski definition) is 2. The normalized spacial score (nSPS) is 15.6. The molecule has 4 aromatic rings. The molecule has 38 heavy (non-hydrogen) atoms. The predicted octanol–water partition coefficient (Wildman–Crippen LogP) is 6.90. The largest absolute Gasteiger partial charge is 0.338 e. The summed E-state index contributed by atoms with van der Waals surface area (Å²) in [7, 11) is 0. The molecule has 7 nitrogen and oxygen atoms in total. The summed E-state index contributed by atoms with van der Waals surface area (Å²) in [5, 5.41) is 7.34. The Hall–Kier alpha value is -3.04. The standard InChI is InChI=1S/C28H25Cl2N3O4S/c1-16-3-7-20(8-4-16)26-32-27(37-33-26)28(11-12-28)25-22(29)14-21(15-23(25)30)31-24(34)13-18-5-9-19(10-6-18)17(2)38(35)36/h3-10,14-15,17H,11-13H2,1-2H3,(H,31,34)(H,35,36). The number of halogens is 2. The summed E-state index contributed by atoms with van der Waals surface area (Å²) in [4.78, 5) is 17.3. The Labute approximate surface area is 232 Å². The minimum Gasteiger partial charge on any atom is -0.338 e. The third-order valence-electron chi connectivity index (χ3n) is 6.82. The zero-order valence-corrected chi connectivity index (χ0v) is 23.0. The molecule has 1 aliphatic carbocycles. The van der Waals surface area contributed by atoms with Crippen molar-refractivity contribution in [1.82, 2.24) is 10.1 Å². The third-order valence-corrected chi connectivity index (χ3v) is 8.29. The van der Waals surface area contributed by atoms with E-state index in [4.69, 9.17) is 27.7 Å². The second-order valence-corrected chi connectivity index (χ2v) is 11.6. The maximum absolute atomic E-state index is 12.7. The first kappa shape index (κ1) is 26.6. The van der Waals surface area contributed by atoms with Gasteiger partial charge in [0.15, 0.2) is 11.1 Å². The highest BCUT2D eigenvalue weighted by Gasteiger charge is 2.53. The Morgan fingerprint density at radius 1 is 1.11 bits per heavy atom. The minimum absolute atomic E-state index is 0.127. The van der Waals surface area contributed by atoms with Gasteiger partial charge in [-0.3, -0.25) is 4.79 Å². The molecule has 10 heteroatoms. The van der Waals surface area contributed by atoms with Crippen molar-refractivity contribution in [3.63, 3.8) is 0 Å². The van der Waals surface area contributed by atoms with Crippen LogP contribution >= 0.6 is 23.2 Å². The van der Waals surface area contributed by atoms with Crippen LogP contribution in [0.4, 0.5) is 5.69 Å². The summed E-state index contributed by atoms with van der Waals surface area (Å²) in [6.45, 7) is 3.69. The zero-order valence-electron chi connectivity index (χ0n) is 20.7. The number of rotatable bonds is 8. The van der Waals surface area contributed by atoms with Crippen molar-refractivity contribution < 1.29 is 18.1 Å². The molecule has 1 saturated carbocycles.